The average Bonchev–Trinajstić information content (AvgIpc) is 3.33. The number of hydrogen-bond acceptors (Lipinski definition) is 7. The molecule has 1 aromatic heterocycles. The number of amides is 3. The smallest absolute Gasteiger partial charge is 0.255 e. The summed E-state index contributed by atoms with van der Waals surface area (Å²) in [6.45, 7) is 2.79. The molecule has 1 aromatic carbocycles. The molecule has 0 spiro atoms. The van der Waals surface area contributed by atoms with E-state index in [9.17, 15) is 14.4 Å². The summed E-state index contributed by atoms with van der Waals surface area (Å²) in [5, 5.41) is 13.7. The molecule has 3 N–H and O–H groups in total. The quantitative estimate of drug-likeness (QED) is 0.588. The fourth-order valence-corrected chi connectivity index (χ4v) is 4.79. The first kappa shape index (κ1) is 20.6. The lowest BCUT2D eigenvalue weighted by molar-refractivity contribution is -0.136. The molecule has 0 radical (unpaired) electrons. The Hall–Kier alpha value is -3.27. The van der Waals surface area contributed by atoms with Gasteiger partial charge in [-0.3, -0.25) is 19.7 Å². The Morgan fingerprint density at radius 1 is 1.22 bits per heavy atom. The van der Waals surface area contributed by atoms with Gasteiger partial charge >= 0.3 is 0 Å². The van der Waals surface area contributed by atoms with Crippen LogP contribution in [0.3, 0.4) is 0 Å². The Bertz CT molecular complexity index is 1070. The molecule has 0 saturated carbocycles. The van der Waals surface area contributed by atoms with Gasteiger partial charge in [0.25, 0.3) is 5.91 Å². The number of aryl methyl sites for hydroxylation is 1. The standard InChI is InChI=1S/C22H27N7O3/c1-28-22(26-19(27-28)14-5-3-9-23-10-14)24-11-13-4-2-6-15-16(13)12-29(21(15)32)17-7-8-18(30)25-20(17)31/h2,4,6,14,17,23H,3,5,7-12H2,1H3,(H,24,26,27)(H,25,30,31). The molecule has 0 aliphatic carbocycles. The van der Waals surface area contributed by atoms with Crippen LogP contribution in [0.4, 0.5) is 5.95 Å². The van der Waals surface area contributed by atoms with E-state index >= 15 is 0 Å². The van der Waals surface area contributed by atoms with Crippen molar-refractivity contribution in [2.75, 3.05) is 18.4 Å². The first-order valence-corrected chi connectivity index (χ1v) is 11.1. The highest BCUT2D eigenvalue weighted by atomic mass is 16.2. The van der Waals surface area contributed by atoms with Crippen molar-refractivity contribution in [1.82, 2.24) is 30.3 Å². The SMILES string of the molecule is Cn1nc(C2CCCNC2)nc1NCc1cccc2c1CN(C1CCC(=O)NC1=O)C2=O. The second-order valence-electron chi connectivity index (χ2n) is 8.66. The summed E-state index contributed by atoms with van der Waals surface area (Å²) >= 11 is 0. The molecule has 10 nitrogen and oxygen atoms in total. The van der Waals surface area contributed by atoms with Crippen LogP contribution in [0.1, 0.15) is 58.9 Å². The molecule has 2 fully saturated rings. The second kappa shape index (κ2) is 8.34. The predicted octanol–water partition coefficient (Wildman–Crippen LogP) is 0.655. The summed E-state index contributed by atoms with van der Waals surface area (Å²) in [5.74, 6) is 1.01. The molecule has 0 bridgehead atoms. The third-order valence-corrected chi connectivity index (χ3v) is 6.56. The molecule has 3 amide bonds. The first-order valence-electron chi connectivity index (χ1n) is 11.1. The van der Waals surface area contributed by atoms with Crippen LogP contribution in [0.15, 0.2) is 18.2 Å². The number of imide groups is 1. The van der Waals surface area contributed by atoms with Gasteiger partial charge in [0.15, 0.2) is 5.82 Å². The Labute approximate surface area is 185 Å². The van der Waals surface area contributed by atoms with Crippen molar-refractivity contribution in [3.63, 3.8) is 0 Å². The van der Waals surface area contributed by atoms with E-state index in [0.29, 0.717) is 36.9 Å². The van der Waals surface area contributed by atoms with Gasteiger partial charge in [0.2, 0.25) is 17.8 Å². The van der Waals surface area contributed by atoms with Crippen molar-refractivity contribution >= 4 is 23.7 Å². The molecule has 4 heterocycles. The summed E-state index contributed by atoms with van der Waals surface area (Å²) < 4.78 is 1.76. The molecule has 3 aliphatic rings. The first-order chi connectivity index (χ1) is 15.5. The summed E-state index contributed by atoms with van der Waals surface area (Å²) in [5.41, 5.74) is 2.50. The van der Waals surface area contributed by atoms with Gasteiger partial charge in [-0.05, 0) is 43.0 Å². The average molecular weight is 438 g/mol. The number of carbonyl (C=O) groups is 3. The zero-order valence-corrected chi connectivity index (χ0v) is 18.1. The number of benzene rings is 1. The zero-order valence-electron chi connectivity index (χ0n) is 18.1. The van der Waals surface area contributed by atoms with Crippen LogP contribution in [0, 0.1) is 0 Å². The van der Waals surface area contributed by atoms with E-state index in [-0.39, 0.29) is 18.2 Å². The molecule has 5 rings (SSSR count). The maximum absolute atomic E-state index is 13.0. The highest BCUT2D eigenvalue weighted by molar-refractivity contribution is 6.05. The van der Waals surface area contributed by atoms with Gasteiger partial charge in [-0.2, -0.15) is 10.1 Å². The molecule has 2 saturated heterocycles. The number of nitrogens with zero attached hydrogens (tertiary/aromatic N) is 4. The van der Waals surface area contributed by atoms with Gasteiger partial charge in [-0.15, -0.1) is 0 Å². The number of hydrogen-bond donors (Lipinski definition) is 3. The topological polar surface area (TPSA) is 121 Å². The van der Waals surface area contributed by atoms with E-state index in [0.717, 1.165) is 42.9 Å². The maximum atomic E-state index is 13.0. The van der Waals surface area contributed by atoms with Gasteiger partial charge in [0, 0.05) is 44.6 Å². The van der Waals surface area contributed by atoms with E-state index in [1.54, 1.807) is 15.6 Å². The monoisotopic (exact) mass is 437 g/mol. The largest absolute Gasteiger partial charge is 0.350 e. The summed E-state index contributed by atoms with van der Waals surface area (Å²) in [7, 11) is 1.87. The number of nitrogens with one attached hydrogen (secondary N) is 3. The van der Waals surface area contributed by atoms with Crippen LogP contribution < -0.4 is 16.0 Å². The number of carbonyl (C=O) groups excluding carboxylic acids is 3. The third-order valence-electron chi connectivity index (χ3n) is 6.56. The lowest BCUT2D eigenvalue weighted by Crippen LogP contribution is -2.52. The molecule has 32 heavy (non-hydrogen) atoms. The minimum absolute atomic E-state index is 0.165. The zero-order chi connectivity index (χ0) is 22.2. The maximum Gasteiger partial charge on any atom is 0.255 e. The second-order valence-corrected chi connectivity index (χ2v) is 8.66. The molecule has 2 unspecified atom stereocenters. The fraction of sp³-hybridized carbons (Fsp3) is 0.500. The molecular weight excluding hydrogens is 410 g/mol. The van der Waals surface area contributed by atoms with E-state index < -0.39 is 11.9 Å². The number of fused-ring (bicyclic) bond motifs is 1. The molecule has 168 valence electrons. The lowest BCUT2D eigenvalue weighted by atomic mass is 9.99. The van der Waals surface area contributed by atoms with Gasteiger partial charge in [0.1, 0.15) is 6.04 Å². The lowest BCUT2D eigenvalue weighted by Gasteiger charge is -2.29. The van der Waals surface area contributed by atoms with Crippen molar-refractivity contribution < 1.29 is 14.4 Å². The van der Waals surface area contributed by atoms with Crippen LogP contribution in [0.25, 0.3) is 0 Å². The van der Waals surface area contributed by atoms with E-state index in [4.69, 9.17) is 4.98 Å². The van der Waals surface area contributed by atoms with Crippen LogP contribution in [-0.4, -0.2) is 56.5 Å². The van der Waals surface area contributed by atoms with Crippen LogP contribution in [-0.2, 0) is 29.7 Å². The Morgan fingerprint density at radius 3 is 2.88 bits per heavy atom. The number of rotatable bonds is 5. The van der Waals surface area contributed by atoms with Gasteiger partial charge in [-0.25, -0.2) is 4.68 Å². The van der Waals surface area contributed by atoms with E-state index in [2.05, 4.69) is 21.0 Å². The normalized spacial score (nSPS) is 23.3. The Morgan fingerprint density at radius 2 is 2.09 bits per heavy atom. The number of piperidine rings is 2. The summed E-state index contributed by atoms with van der Waals surface area (Å²) in [6, 6.07) is 5.02. The minimum atomic E-state index is -0.612. The van der Waals surface area contributed by atoms with Crippen molar-refractivity contribution in [3.8, 4) is 0 Å². The van der Waals surface area contributed by atoms with Crippen LogP contribution >= 0.6 is 0 Å². The summed E-state index contributed by atoms with van der Waals surface area (Å²) in [4.78, 5) is 43.0. The van der Waals surface area contributed by atoms with Gasteiger partial charge in [0.05, 0.1) is 0 Å². The minimum Gasteiger partial charge on any atom is -0.350 e. The Balaban J connectivity index is 1.31. The fourth-order valence-electron chi connectivity index (χ4n) is 4.79. The molecule has 10 heteroatoms. The highest BCUT2D eigenvalue weighted by Crippen LogP contribution is 2.30. The molecule has 2 aromatic rings. The van der Waals surface area contributed by atoms with Gasteiger partial charge in [-0.1, -0.05) is 12.1 Å². The number of anilines is 1. The van der Waals surface area contributed by atoms with Crippen molar-refractivity contribution in [2.24, 2.45) is 7.05 Å². The van der Waals surface area contributed by atoms with Gasteiger partial charge < -0.3 is 15.5 Å². The van der Waals surface area contributed by atoms with E-state index in [1.165, 1.54) is 0 Å². The number of aromatic nitrogens is 3. The Kier molecular flexibility index (Phi) is 5.38. The predicted molar refractivity (Wildman–Crippen MR) is 116 cm³/mol. The third kappa shape index (κ3) is 3.75. The van der Waals surface area contributed by atoms with E-state index in [1.807, 2.05) is 19.2 Å². The highest BCUT2D eigenvalue weighted by Gasteiger charge is 2.39. The van der Waals surface area contributed by atoms with Crippen molar-refractivity contribution in [1.29, 1.82) is 0 Å². The van der Waals surface area contributed by atoms with Crippen LogP contribution in [0.5, 0.6) is 0 Å². The molecule has 3 aliphatic heterocycles. The van der Waals surface area contributed by atoms with Crippen molar-refractivity contribution in [3.05, 3.63) is 40.7 Å². The molecule has 2 atom stereocenters. The summed E-state index contributed by atoms with van der Waals surface area (Å²) in [6.07, 6.45) is 2.81. The molecular formula is C22H27N7O3. The van der Waals surface area contributed by atoms with Crippen LogP contribution in [0.2, 0.25) is 0 Å². The van der Waals surface area contributed by atoms with Crippen molar-refractivity contribution in [2.45, 2.75) is 50.7 Å².